The zero-order valence-corrected chi connectivity index (χ0v) is 14.0. The highest BCUT2D eigenvalue weighted by Gasteiger charge is 2.19. The summed E-state index contributed by atoms with van der Waals surface area (Å²) >= 11 is 0. The second-order valence-corrected chi connectivity index (χ2v) is 6.18. The molecule has 0 unspecified atom stereocenters. The molecule has 126 valence electrons. The maximum atomic E-state index is 6.12. The molecule has 0 aliphatic rings. The standard InChI is InChI=1S/C19H15N7/c1-11-7-13(8-14-9-22-25-16(11)14)15-17(12-5-3-2-4-6-12)24-19(20)26-18(15)21-10-23-26/h2-10H,1H3,(H2,20,24)(H,22,25). The molecule has 26 heavy (non-hydrogen) atoms. The van der Waals surface area contributed by atoms with E-state index in [1.807, 2.05) is 36.5 Å². The van der Waals surface area contributed by atoms with Gasteiger partial charge in [0.2, 0.25) is 5.95 Å². The van der Waals surface area contributed by atoms with E-state index in [9.17, 15) is 0 Å². The minimum Gasteiger partial charge on any atom is -0.368 e. The molecule has 5 aromatic rings. The summed E-state index contributed by atoms with van der Waals surface area (Å²) in [6.07, 6.45) is 3.31. The number of nitrogens with one attached hydrogen (secondary N) is 1. The molecule has 3 heterocycles. The number of anilines is 1. The Hall–Kier alpha value is -3.74. The zero-order valence-electron chi connectivity index (χ0n) is 14.0. The van der Waals surface area contributed by atoms with Crippen LogP contribution in [0.15, 0.2) is 55.0 Å². The van der Waals surface area contributed by atoms with Crippen LogP contribution >= 0.6 is 0 Å². The Bertz CT molecular complexity index is 1250. The molecule has 3 N–H and O–H groups in total. The summed E-state index contributed by atoms with van der Waals surface area (Å²) < 4.78 is 1.57. The summed E-state index contributed by atoms with van der Waals surface area (Å²) in [5.41, 5.74) is 12.6. The van der Waals surface area contributed by atoms with Gasteiger partial charge in [-0.05, 0) is 30.2 Å². The molecule has 0 saturated heterocycles. The van der Waals surface area contributed by atoms with Gasteiger partial charge >= 0.3 is 0 Å². The molecule has 0 atom stereocenters. The third kappa shape index (κ3) is 2.07. The maximum absolute atomic E-state index is 6.12. The lowest BCUT2D eigenvalue weighted by Gasteiger charge is -2.13. The van der Waals surface area contributed by atoms with Gasteiger partial charge in [0, 0.05) is 10.9 Å². The van der Waals surface area contributed by atoms with E-state index in [0.717, 1.165) is 38.9 Å². The molecule has 0 fully saturated rings. The zero-order chi connectivity index (χ0) is 17.7. The highest BCUT2D eigenvalue weighted by molar-refractivity contribution is 5.95. The quantitative estimate of drug-likeness (QED) is 0.514. The molecule has 7 heteroatoms. The first-order valence-electron chi connectivity index (χ1n) is 8.21. The average molecular weight is 341 g/mol. The second kappa shape index (κ2) is 5.38. The monoisotopic (exact) mass is 341 g/mol. The average Bonchev–Trinajstić information content (AvgIpc) is 3.32. The van der Waals surface area contributed by atoms with Crippen molar-refractivity contribution in [3.63, 3.8) is 0 Å². The van der Waals surface area contributed by atoms with Gasteiger partial charge in [-0.25, -0.2) is 9.97 Å². The van der Waals surface area contributed by atoms with Gasteiger partial charge in [0.05, 0.1) is 23.0 Å². The fourth-order valence-electron chi connectivity index (χ4n) is 3.35. The van der Waals surface area contributed by atoms with Crippen LogP contribution in [-0.2, 0) is 0 Å². The first-order chi connectivity index (χ1) is 12.7. The number of nitrogens with zero attached hydrogens (tertiary/aromatic N) is 5. The molecule has 3 aromatic heterocycles. The Balaban J connectivity index is 1.91. The van der Waals surface area contributed by atoms with Gasteiger partial charge in [0.15, 0.2) is 5.65 Å². The summed E-state index contributed by atoms with van der Waals surface area (Å²) in [5.74, 6) is 0.307. The third-order valence-electron chi connectivity index (χ3n) is 4.53. The van der Waals surface area contributed by atoms with Crippen molar-refractivity contribution >= 4 is 22.5 Å². The van der Waals surface area contributed by atoms with Crippen LogP contribution in [0.3, 0.4) is 0 Å². The van der Waals surface area contributed by atoms with Gasteiger partial charge in [-0.3, -0.25) is 5.10 Å². The lowest BCUT2D eigenvalue weighted by molar-refractivity contribution is 0.942. The van der Waals surface area contributed by atoms with Crippen LogP contribution in [0.1, 0.15) is 5.56 Å². The van der Waals surface area contributed by atoms with E-state index in [-0.39, 0.29) is 0 Å². The molecule has 0 spiro atoms. The number of aryl methyl sites for hydroxylation is 1. The fourth-order valence-corrected chi connectivity index (χ4v) is 3.35. The summed E-state index contributed by atoms with van der Waals surface area (Å²) in [6.45, 7) is 2.05. The van der Waals surface area contributed by atoms with Crippen LogP contribution < -0.4 is 5.73 Å². The van der Waals surface area contributed by atoms with E-state index in [1.54, 1.807) is 4.52 Å². The van der Waals surface area contributed by atoms with Crippen molar-refractivity contribution in [3.8, 4) is 22.4 Å². The number of nitrogens with two attached hydrogens (primary N) is 1. The van der Waals surface area contributed by atoms with Gasteiger partial charge < -0.3 is 5.73 Å². The topological polar surface area (TPSA) is 97.8 Å². The number of fused-ring (bicyclic) bond motifs is 2. The van der Waals surface area contributed by atoms with Crippen LogP contribution in [0.5, 0.6) is 0 Å². The number of benzene rings is 2. The predicted molar refractivity (Wildman–Crippen MR) is 100 cm³/mol. The van der Waals surface area contributed by atoms with Crippen LogP contribution in [0.4, 0.5) is 5.95 Å². The normalized spacial score (nSPS) is 11.4. The molecule has 0 bridgehead atoms. The number of hydrogen-bond acceptors (Lipinski definition) is 5. The van der Waals surface area contributed by atoms with Gasteiger partial charge in [-0.2, -0.15) is 14.7 Å². The highest BCUT2D eigenvalue weighted by Crippen LogP contribution is 2.36. The number of H-pyrrole nitrogens is 1. The lowest BCUT2D eigenvalue weighted by Crippen LogP contribution is -2.05. The van der Waals surface area contributed by atoms with Crippen molar-refractivity contribution in [2.24, 2.45) is 0 Å². The molecule has 0 saturated carbocycles. The third-order valence-corrected chi connectivity index (χ3v) is 4.53. The Morgan fingerprint density at radius 2 is 1.92 bits per heavy atom. The van der Waals surface area contributed by atoms with Gasteiger partial charge in [-0.15, -0.1) is 0 Å². The van der Waals surface area contributed by atoms with Crippen molar-refractivity contribution in [3.05, 3.63) is 60.6 Å². The van der Waals surface area contributed by atoms with E-state index in [0.29, 0.717) is 11.6 Å². The molecule has 0 radical (unpaired) electrons. The first-order valence-corrected chi connectivity index (χ1v) is 8.21. The first kappa shape index (κ1) is 14.6. The number of rotatable bonds is 2. The van der Waals surface area contributed by atoms with Crippen molar-refractivity contribution in [2.75, 3.05) is 5.73 Å². The maximum Gasteiger partial charge on any atom is 0.223 e. The molecule has 2 aromatic carbocycles. The van der Waals surface area contributed by atoms with E-state index >= 15 is 0 Å². The van der Waals surface area contributed by atoms with Gasteiger partial charge in [-0.1, -0.05) is 30.3 Å². The van der Waals surface area contributed by atoms with Crippen LogP contribution in [-0.4, -0.2) is 29.8 Å². The Kier molecular flexibility index (Phi) is 3.02. The molecule has 0 aliphatic carbocycles. The van der Waals surface area contributed by atoms with Crippen molar-refractivity contribution in [2.45, 2.75) is 6.92 Å². The summed E-state index contributed by atoms with van der Waals surface area (Å²) in [5, 5.41) is 12.4. The number of hydrogen-bond donors (Lipinski definition) is 2. The summed E-state index contributed by atoms with van der Waals surface area (Å²) in [4.78, 5) is 9.08. The molecular formula is C19H15N7. The largest absolute Gasteiger partial charge is 0.368 e. The van der Waals surface area contributed by atoms with E-state index in [4.69, 9.17) is 5.73 Å². The lowest BCUT2D eigenvalue weighted by atomic mass is 9.97. The van der Waals surface area contributed by atoms with Crippen molar-refractivity contribution in [1.82, 2.24) is 29.8 Å². The minimum atomic E-state index is 0.307. The fraction of sp³-hybridized carbons (Fsp3) is 0.0526. The summed E-state index contributed by atoms with van der Waals surface area (Å²) in [7, 11) is 0. The SMILES string of the molecule is Cc1cc(-c2c(-c3ccccc3)nc(N)n3ncnc23)cc2cn[nH]c12. The van der Waals surface area contributed by atoms with Gasteiger partial charge in [0.25, 0.3) is 0 Å². The highest BCUT2D eigenvalue weighted by atomic mass is 15.3. The van der Waals surface area contributed by atoms with E-state index in [2.05, 4.69) is 44.3 Å². The molecule has 7 nitrogen and oxygen atoms in total. The van der Waals surface area contributed by atoms with Crippen LogP contribution in [0.25, 0.3) is 38.9 Å². The van der Waals surface area contributed by atoms with Crippen LogP contribution in [0.2, 0.25) is 0 Å². The van der Waals surface area contributed by atoms with E-state index in [1.165, 1.54) is 6.33 Å². The van der Waals surface area contributed by atoms with Crippen molar-refractivity contribution in [1.29, 1.82) is 0 Å². The number of aromatic amines is 1. The van der Waals surface area contributed by atoms with Crippen LogP contribution in [0, 0.1) is 6.92 Å². The second-order valence-electron chi connectivity index (χ2n) is 6.18. The Morgan fingerprint density at radius 1 is 1.08 bits per heavy atom. The predicted octanol–water partition coefficient (Wildman–Crippen LogP) is 3.23. The molecule has 0 aliphatic heterocycles. The Morgan fingerprint density at radius 3 is 2.77 bits per heavy atom. The smallest absolute Gasteiger partial charge is 0.223 e. The van der Waals surface area contributed by atoms with E-state index < -0.39 is 0 Å². The molecule has 0 amide bonds. The molecular weight excluding hydrogens is 326 g/mol. The summed E-state index contributed by atoms with van der Waals surface area (Å²) in [6, 6.07) is 14.2. The van der Waals surface area contributed by atoms with Gasteiger partial charge in [0.1, 0.15) is 6.33 Å². The number of aromatic nitrogens is 6. The van der Waals surface area contributed by atoms with Crippen molar-refractivity contribution < 1.29 is 0 Å². The Labute approximate surface area is 148 Å². The number of nitrogen functional groups attached to an aromatic ring is 1. The minimum absolute atomic E-state index is 0.307. The molecule has 5 rings (SSSR count).